The maximum atomic E-state index is 5.73. The van der Waals surface area contributed by atoms with Crippen molar-refractivity contribution in [3.8, 4) is 0 Å². The van der Waals surface area contributed by atoms with Crippen molar-refractivity contribution in [1.82, 2.24) is 28.4 Å². The Kier molecular flexibility index (Phi) is 2.42. The first-order valence-corrected chi connectivity index (χ1v) is 5.84. The molecule has 3 rings (SSSR count). The van der Waals surface area contributed by atoms with E-state index in [9.17, 15) is 0 Å². The molecule has 0 bridgehead atoms. The quantitative estimate of drug-likeness (QED) is 0.676. The Labute approximate surface area is 110 Å². The van der Waals surface area contributed by atoms with Crippen molar-refractivity contribution in [3.63, 3.8) is 0 Å². The Hall–Kier alpha value is -1.71. The minimum Gasteiger partial charge on any atom is -0.384 e. The fraction of sp³-hybridized carbons (Fsp3) is 0.111. The maximum absolute atomic E-state index is 5.73. The van der Waals surface area contributed by atoms with E-state index in [0.29, 0.717) is 17.9 Å². The summed E-state index contributed by atoms with van der Waals surface area (Å²) in [6.45, 7) is 0. The van der Waals surface area contributed by atoms with Crippen LogP contribution in [0.3, 0.4) is 0 Å². The highest BCUT2D eigenvalue weighted by Gasteiger charge is 2.09. The van der Waals surface area contributed by atoms with Crippen LogP contribution in [0.5, 0.6) is 0 Å². The molecular formula is C9H8IN7. The average molecular weight is 341 g/mol. The van der Waals surface area contributed by atoms with Crippen LogP contribution in [0.15, 0.2) is 18.5 Å². The summed E-state index contributed by atoms with van der Waals surface area (Å²) in [6.07, 6.45) is 4.47. The van der Waals surface area contributed by atoms with E-state index in [2.05, 4.69) is 48.4 Å². The molecule has 0 aliphatic carbocycles. The second-order valence-electron chi connectivity index (χ2n) is 3.62. The van der Waals surface area contributed by atoms with Gasteiger partial charge in [0.2, 0.25) is 5.65 Å². The van der Waals surface area contributed by atoms with Gasteiger partial charge in [0.25, 0.3) is 0 Å². The van der Waals surface area contributed by atoms with Gasteiger partial charge in [0.05, 0.1) is 29.1 Å². The third-order valence-electron chi connectivity index (χ3n) is 2.39. The summed E-state index contributed by atoms with van der Waals surface area (Å²) in [7, 11) is 0. The highest BCUT2D eigenvalue weighted by molar-refractivity contribution is 14.1. The van der Waals surface area contributed by atoms with Crippen LogP contribution in [-0.4, -0.2) is 28.4 Å². The molecule has 0 aromatic carbocycles. The molecule has 0 unspecified atom stereocenters. The molecule has 0 amide bonds. The largest absolute Gasteiger partial charge is 0.384 e. The minimum absolute atomic E-state index is 0.447. The number of H-pyrrole nitrogens is 1. The van der Waals surface area contributed by atoms with E-state index in [1.54, 1.807) is 2.90 Å². The number of halogens is 1. The molecule has 0 saturated heterocycles. The number of fused-ring (bicyclic) bond motifs is 1. The predicted molar refractivity (Wildman–Crippen MR) is 70.5 cm³/mol. The highest BCUT2D eigenvalue weighted by atomic mass is 127. The van der Waals surface area contributed by atoms with Crippen molar-refractivity contribution in [2.24, 2.45) is 0 Å². The third-order valence-corrected chi connectivity index (χ3v) is 2.92. The molecule has 3 heterocycles. The number of rotatable bonds is 2. The van der Waals surface area contributed by atoms with E-state index in [1.165, 1.54) is 0 Å². The smallest absolute Gasteiger partial charge is 0.203 e. The fourth-order valence-corrected chi connectivity index (χ4v) is 2.18. The Morgan fingerprint density at radius 2 is 2.29 bits per heavy atom. The lowest BCUT2D eigenvalue weighted by molar-refractivity contribution is 0.953. The first-order chi connectivity index (χ1) is 8.22. The molecule has 7 nitrogen and oxygen atoms in total. The first-order valence-electron chi connectivity index (χ1n) is 4.88. The summed E-state index contributed by atoms with van der Waals surface area (Å²) < 4.78 is 1.73. The number of nitrogen functional groups attached to an aromatic ring is 1. The van der Waals surface area contributed by atoms with Crippen molar-refractivity contribution in [2.45, 2.75) is 6.42 Å². The number of nitrogens with two attached hydrogens (primary N) is 1. The minimum atomic E-state index is 0.447. The number of nitrogens with zero attached hydrogens (tertiary/aromatic N) is 5. The zero-order chi connectivity index (χ0) is 11.8. The van der Waals surface area contributed by atoms with Gasteiger partial charge in [-0.15, -0.1) is 5.10 Å². The topological polar surface area (TPSA) is 98.3 Å². The van der Waals surface area contributed by atoms with Crippen molar-refractivity contribution in [1.29, 1.82) is 0 Å². The SMILES string of the molecule is Nc1cc(Cc2cnn(I)c2)c2n[nH]nc2n1. The molecule has 3 N–H and O–H groups in total. The second kappa shape index (κ2) is 3.95. The molecule has 3 aromatic rings. The Bertz CT molecular complexity index is 671. The molecule has 0 fully saturated rings. The normalized spacial score (nSPS) is 11.1. The number of anilines is 1. The fourth-order valence-electron chi connectivity index (χ4n) is 1.70. The van der Waals surface area contributed by atoms with Crippen molar-refractivity contribution >= 4 is 39.8 Å². The van der Waals surface area contributed by atoms with Crippen molar-refractivity contribution in [3.05, 3.63) is 29.6 Å². The standard InChI is InChI=1S/C9H8IN7/c10-17-4-5(3-12-17)1-6-2-7(11)13-9-8(6)14-16-15-9/h2-4H,1H2,(H3,11,13,14,15,16). The monoisotopic (exact) mass is 341 g/mol. The van der Waals surface area contributed by atoms with E-state index in [4.69, 9.17) is 5.73 Å². The Balaban J connectivity index is 2.07. The van der Waals surface area contributed by atoms with Gasteiger partial charge in [-0.05, 0) is 17.2 Å². The van der Waals surface area contributed by atoms with Gasteiger partial charge in [0, 0.05) is 12.6 Å². The van der Waals surface area contributed by atoms with Gasteiger partial charge in [0.15, 0.2) is 0 Å². The zero-order valence-electron chi connectivity index (χ0n) is 8.63. The highest BCUT2D eigenvalue weighted by Crippen LogP contribution is 2.18. The summed E-state index contributed by atoms with van der Waals surface area (Å²) in [5, 5.41) is 14.7. The lowest BCUT2D eigenvalue weighted by Gasteiger charge is -2.00. The van der Waals surface area contributed by atoms with Crippen LogP contribution < -0.4 is 5.73 Å². The Morgan fingerprint density at radius 1 is 1.41 bits per heavy atom. The maximum Gasteiger partial charge on any atom is 0.203 e. The number of pyridine rings is 1. The van der Waals surface area contributed by atoms with Crippen LogP contribution in [0.25, 0.3) is 11.2 Å². The molecule has 86 valence electrons. The molecule has 17 heavy (non-hydrogen) atoms. The lowest BCUT2D eigenvalue weighted by Crippen LogP contribution is -1.96. The van der Waals surface area contributed by atoms with E-state index in [0.717, 1.165) is 16.6 Å². The summed E-state index contributed by atoms with van der Waals surface area (Å²) in [6, 6.07) is 1.81. The molecule has 0 radical (unpaired) electrons. The van der Waals surface area contributed by atoms with Gasteiger partial charge < -0.3 is 5.73 Å². The van der Waals surface area contributed by atoms with Crippen LogP contribution in [-0.2, 0) is 6.42 Å². The van der Waals surface area contributed by atoms with Gasteiger partial charge >= 0.3 is 0 Å². The van der Waals surface area contributed by atoms with Gasteiger partial charge in [-0.3, -0.25) is 0 Å². The molecular weight excluding hydrogens is 333 g/mol. The average Bonchev–Trinajstić information content (AvgIpc) is 2.87. The lowest BCUT2D eigenvalue weighted by atomic mass is 10.1. The number of hydrogen-bond acceptors (Lipinski definition) is 5. The molecule has 3 aromatic heterocycles. The molecule has 0 aliphatic rings. The number of aromatic nitrogens is 6. The number of aromatic amines is 1. The summed E-state index contributed by atoms with van der Waals surface area (Å²) in [5.74, 6) is 0.447. The summed E-state index contributed by atoms with van der Waals surface area (Å²) in [4.78, 5) is 4.09. The van der Waals surface area contributed by atoms with Gasteiger partial charge in [-0.25, -0.2) is 7.88 Å². The van der Waals surface area contributed by atoms with Crippen LogP contribution in [0.2, 0.25) is 0 Å². The summed E-state index contributed by atoms with van der Waals surface area (Å²) >= 11 is 2.10. The number of nitrogens with one attached hydrogen (secondary N) is 1. The van der Waals surface area contributed by atoms with Crippen LogP contribution in [0.1, 0.15) is 11.1 Å². The van der Waals surface area contributed by atoms with Crippen molar-refractivity contribution < 1.29 is 0 Å². The second-order valence-corrected chi connectivity index (χ2v) is 4.60. The van der Waals surface area contributed by atoms with E-state index >= 15 is 0 Å². The van der Waals surface area contributed by atoms with E-state index in [1.807, 2.05) is 18.5 Å². The molecule has 0 spiro atoms. The van der Waals surface area contributed by atoms with Gasteiger partial charge in [-0.1, -0.05) is 0 Å². The molecule has 0 saturated carbocycles. The summed E-state index contributed by atoms with van der Waals surface area (Å²) in [5.41, 5.74) is 9.10. The third kappa shape index (κ3) is 1.95. The van der Waals surface area contributed by atoms with Crippen molar-refractivity contribution in [2.75, 3.05) is 5.73 Å². The van der Waals surface area contributed by atoms with Gasteiger partial charge in [0.1, 0.15) is 11.3 Å². The molecule has 0 atom stereocenters. The first kappa shape index (κ1) is 10.4. The number of hydrogen-bond donors (Lipinski definition) is 2. The zero-order valence-corrected chi connectivity index (χ0v) is 10.8. The molecule has 0 aliphatic heterocycles. The van der Waals surface area contributed by atoms with E-state index in [-0.39, 0.29) is 0 Å². The van der Waals surface area contributed by atoms with Crippen LogP contribution >= 0.6 is 22.9 Å². The Morgan fingerprint density at radius 3 is 3.06 bits per heavy atom. The molecule has 8 heteroatoms. The van der Waals surface area contributed by atoms with Crippen LogP contribution in [0, 0.1) is 0 Å². The van der Waals surface area contributed by atoms with E-state index < -0.39 is 0 Å². The predicted octanol–water partition coefficient (Wildman–Crippen LogP) is 0.921. The van der Waals surface area contributed by atoms with Crippen LogP contribution in [0.4, 0.5) is 5.82 Å². The van der Waals surface area contributed by atoms with Gasteiger partial charge in [-0.2, -0.15) is 15.4 Å².